The fourth-order valence-electron chi connectivity index (χ4n) is 0.717. The molecule has 0 spiro atoms. The molecule has 0 aliphatic carbocycles. The van der Waals surface area contributed by atoms with Crippen molar-refractivity contribution in [2.75, 3.05) is 12.8 Å². The van der Waals surface area contributed by atoms with Crippen molar-refractivity contribution in [1.29, 1.82) is 0 Å². The van der Waals surface area contributed by atoms with Gasteiger partial charge in [-0.3, -0.25) is 4.99 Å². The van der Waals surface area contributed by atoms with E-state index in [0.29, 0.717) is 12.4 Å². The van der Waals surface area contributed by atoms with Crippen LogP contribution in [0.25, 0.3) is 0 Å². The van der Waals surface area contributed by atoms with Crippen molar-refractivity contribution < 1.29 is 8.42 Å². The molecule has 1 aliphatic heterocycles. The van der Waals surface area contributed by atoms with Gasteiger partial charge in [0.15, 0.2) is 15.2 Å². The Kier molecular flexibility index (Phi) is 2.15. The van der Waals surface area contributed by atoms with E-state index in [0.717, 1.165) is 6.26 Å². The highest BCUT2D eigenvalue weighted by molar-refractivity contribution is 7.92. The summed E-state index contributed by atoms with van der Waals surface area (Å²) in [7, 11) is -3.22. The van der Waals surface area contributed by atoms with E-state index in [-0.39, 0.29) is 0 Å². The number of amidine groups is 1. The molecule has 0 aromatic rings. The highest BCUT2D eigenvalue weighted by Crippen LogP contribution is 1.98. The summed E-state index contributed by atoms with van der Waals surface area (Å²) in [6.45, 7) is 2.14. The van der Waals surface area contributed by atoms with E-state index in [4.69, 9.17) is 5.73 Å². The molecule has 1 atom stereocenters. The van der Waals surface area contributed by atoms with Crippen molar-refractivity contribution in [2.24, 2.45) is 10.7 Å². The lowest BCUT2D eigenvalue weighted by atomic mass is 10.6. The van der Waals surface area contributed by atoms with Crippen molar-refractivity contribution in [2.45, 2.75) is 5.37 Å². The van der Waals surface area contributed by atoms with Crippen LogP contribution in [0.4, 0.5) is 0 Å². The van der Waals surface area contributed by atoms with Gasteiger partial charge < -0.3 is 11.1 Å². The minimum atomic E-state index is -3.22. The third-order valence-electron chi connectivity index (χ3n) is 1.34. The van der Waals surface area contributed by atoms with Gasteiger partial charge in [0.25, 0.3) is 0 Å². The second-order valence-corrected chi connectivity index (χ2v) is 4.49. The Balaban J connectivity index is 2.76. The zero-order valence-corrected chi connectivity index (χ0v) is 6.93. The summed E-state index contributed by atoms with van der Waals surface area (Å²) in [5.74, 6) is 0.326. The standard InChI is InChI=1S/C5H10N3O2S/c1-11(9,10)4(6)5-7-2-3-8-5/h2,4H,3,6H2,1H3,(H,7,8). The van der Waals surface area contributed by atoms with Gasteiger partial charge >= 0.3 is 0 Å². The summed E-state index contributed by atoms with van der Waals surface area (Å²) >= 11 is 0. The van der Waals surface area contributed by atoms with Crippen molar-refractivity contribution in [1.82, 2.24) is 5.32 Å². The first-order chi connectivity index (χ1) is 5.02. The summed E-state index contributed by atoms with van der Waals surface area (Å²) in [6, 6.07) is 0. The van der Waals surface area contributed by atoms with E-state index in [1.807, 2.05) is 0 Å². The highest BCUT2D eigenvalue weighted by atomic mass is 32.2. The predicted molar refractivity (Wildman–Crippen MR) is 42.6 cm³/mol. The summed E-state index contributed by atoms with van der Waals surface area (Å²) in [4.78, 5) is 3.78. The van der Waals surface area contributed by atoms with Crippen LogP contribution in [0.1, 0.15) is 0 Å². The SMILES string of the molecule is CS(=O)(=O)C(N)C1=N[CH]CN1. The first-order valence-corrected chi connectivity index (χ1v) is 5.05. The van der Waals surface area contributed by atoms with E-state index >= 15 is 0 Å². The third kappa shape index (κ3) is 1.90. The molecule has 6 heteroatoms. The summed E-state index contributed by atoms with van der Waals surface area (Å²) < 4.78 is 21.7. The van der Waals surface area contributed by atoms with Crippen molar-refractivity contribution in [3.63, 3.8) is 0 Å². The van der Waals surface area contributed by atoms with Crippen molar-refractivity contribution >= 4 is 15.7 Å². The van der Waals surface area contributed by atoms with Crippen molar-refractivity contribution in [3.8, 4) is 0 Å². The van der Waals surface area contributed by atoms with E-state index < -0.39 is 15.2 Å². The molecule has 0 bridgehead atoms. The topological polar surface area (TPSA) is 84.5 Å². The van der Waals surface area contributed by atoms with Crippen LogP contribution in [-0.4, -0.2) is 32.4 Å². The lowest BCUT2D eigenvalue weighted by molar-refractivity contribution is 0.597. The Bertz CT molecular complexity index is 269. The van der Waals surface area contributed by atoms with E-state index in [2.05, 4.69) is 10.3 Å². The number of nitrogens with one attached hydrogen (secondary N) is 1. The lowest BCUT2D eigenvalue weighted by Crippen LogP contribution is -2.43. The number of nitrogens with two attached hydrogens (primary N) is 1. The zero-order valence-electron chi connectivity index (χ0n) is 6.11. The van der Waals surface area contributed by atoms with Gasteiger partial charge in [0.1, 0.15) is 5.84 Å². The molecule has 0 fully saturated rings. The minimum Gasteiger partial charge on any atom is -0.369 e. The highest BCUT2D eigenvalue weighted by Gasteiger charge is 2.23. The quantitative estimate of drug-likeness (QED) is 0.535. The molecule has 0 aromatic heterocycles. The second-order valence-electron chi connectivity index (χ2n) is 2.33. The molecule has 63 valence electrons. The van der Waals surface area contributed by atoms with Gasteiger partial charge in [-0.05, 0) is 0 Å². The fraction of sp³-hybridized carbons (Fsp3) is 0.600. The molecule has 1 rings (SSSR count). The van der Waals surface area contributed by atoms with E-state index in [1.54, 1.807) is 6.54 Å². The van der Waals surface area contributed by atoms with E-state index in [9.17, 15) is 8.42 Å². The Morgan fingerprint density at radius 3 is 2.82 bits per heavy atom. The van der Waals surface area contributed by atoms with Crippen LogP contribution in [0.15, 0.2) is 4.99 Å². The second kappa shape index (κ2) is 2.78. The molecule has 0 amide bonds. The zero-order chi connectivity index (χ0) is 8.48. The maximum Gasteiger partial charge on any atom is 0.170 e. The molecule has 1 heterocycles. The number of aliphatic imine (C=N–C) groups is 1. The molecule has 0 saturated heterocycles. The molecule has 1 aliphatic rings. The maximum absolute atomic E-state index is 10.9. The van der Waals surface area contributed by atoms with Gasteiger partial charge in [-0.25, -0.2) is 8.42 Å². The first-order valence-electron chi connectivity index (χ1n) is 3.09. The van der Waals surface area contributed by atoms with Gasteiger partial charge in [0, 0.05) is 12.8 Å². The normalized spacial score (nSPS) is 20.7. The number of hydrogen-bond donors (Lipinski definition) is 2. The van der Waals surface area contributed by atoms with Crippen LogP contribution in [0.5, 0.6) is 0 Å². The Hall–Kier alpha value is -0.620. The largest absolute Gasteiger partial charge is 0.369 e. The van der Waals surface area contributed by atoms with Crippen molar-refractivity contribution in [3.05, 3.63) is 6.54 Å². The molecular weight excluding hydrogens is 166 g/mol. The van der Waals surface area contributed by atoms with Gasteiger partial charge in [-0.2, -0.15) is 0 Å². The monoisotopic (exact) mass is 176 g/mol. The van der Waals surface area contributed by atoms with Crippen LogP contribution in [0, 0.1) is 6.54 Å². The van der Waals surface area contributed by atoms with E-state index in [1.165, 1.54) is 0 Å². The minimum absolute atomic E-state index is 0.326. The number of hydrogen-bond acceptors (Lipinski definition) is 5. The van der Waals surface area contributed by atoms with Crippen LogP contribution in [0.3, 0.4) is 0 Å². The Morgan fingerprint density at radius 2 is 2.45 bits per heavy atom. The predicted octanol–water partition coefficient (Wildman–Crippen LogP) is -1.52. The first kappa shape index (κ1) is 8.48. The average molecular weight is 176 g/mol. The van der Waals surface area contributed by atoms with Gasteiger partial charge in [-0.1, -0.05) is 0 Å². The lowest BCUT2D eigenvalue weighted by Gasteiger charge is -2.08. The number of rotatable bonds is 2. The number of sulfone groups is 1. The molecular formula is C5H10N3O2S. The van der Waals surface area contributed by atoms with Crippen LogP contribution < -0.4 is 11.1 Å². The fourth-order valence-corrected chi connectivity index (χ4v) is 1.27. The van der Waals surface area contributed by atoms with Gasteiger partial charge in [0.05, 0.1) is 6.54 Å². The van der Waals surface area contributed by atoms with Gasteiger partial charge in [-0.15, -0.1) is 0 Å². The average Bonchev–Trinajstić information content (AvgIpc) is 2.34. The van der Waals surface area contributed by atoms with Crippen LogP contribution in [-0.2, 0) is 9.84 Å². The molecule has 0 saturated carbocycles. The summed E-state index contributed by atoms with van der Waals surface area (Å²) in [5.41, 5.74) is 5.35. The Morgan fingerprint density at radius 1 is 1.82 bits per heavy atom. The molecule has 1 radical (unpaired) electrons. The van der Waals surface area contributed by atoms with Crippen LogP contribution >= 0.6 is 0 Å². The number of nitrogens with zero attached hydrogens (tertiary/aromatic N) is 1. The summed E-state index contributed by atoms with van der Waals surface area (Å²) in [6.07, 6.45) is 1.08. The molecule has 5 nitrogen and oxygen atoms in total. The Labute approximate surface area is 65.6 Å². The smallest absolute Gasteiger partial charge is 0.170 e. The summed E-state index contributed by atoms with van der Waals surface area (Å²) in [5, 5.41) is 1.74. The van der Waals surface area contributed by atoms with Gasteiger partial charge in [0.2, 0.25) is 0 Å². The third-order valence-corrected chi connectivity index (χ3v) is 2.48. The van der Waals surface area contributed by atoms with Crippen LogP contribution in [0.2, 0.25) is 0 Å². The maximum atomic E-state index is 10.9. The molecule has 3 N–H and O–H groups in total. The molecule has 0 aromatic carbocycles. The molecule has 11 heavy (non-hydrogen) atoms. The molecule has 1 unspecified atom stereocenters.